The Hall–Kier alpha value is -2.69. The Morgan fingerprint density at radius 3 is 2.68 bits per heavy atom. The molecule has 0 aliphatic heterocycles. The van der Waals surface area contributed by atoms with Crippen LogP contribution in [-0.4, -0.2) is 10.1 Å². The van der Waals surface area contributed by atoms with Crippen LogP contribution in [0, 0.1) is 0 Å². The molecule has 0 aliphatic carbocycles. The second-order valence-corrected chi connectivity index (χ2v) is 3.99. The van der Waals surface area contributed by atoms with Crippen molar-refractivity contribution in [3.8, 4) is 5.75 Å². The molecule has 0 amide bonds. The Morgan fingerprint density at radius 2 is 1.84 bits per heavy atom. The summed E-state index contributed by atoms with van der Waals surface area (Å²) in [6.45, 7) is 0.283. The third-order valence-electron chi connectivity index (χ3n) is 2.67. The van der Waals surface area contributed by atoms with E-state index in [0.717, 1.165) is 5.52 Å². The van der Waals surface area contributed by atoms with Crippen LogP contribution < -0.4 is 0 Å². The molecule has 0 atom stereocenters. The van der Waals surface area contributed by atoms with E-state index >= 15 is 0 Å². The minimum atomic E-state index is 0.207. The third-order valence-corrected chi connectivity index (χ3v) is 2.67. The molecule has 0 radical (unpaired) electrons. The number of para-hydroxylation sites is 3. The zero-order valence-electron chi connectivity index (χ0n) is 10.0. The van der Waals surface area contributed by atoms with Crippen molar-refractivity contribution in [3.05, 3.63) is 54.1 Å². The maximum atomic E-state index is 9.58. The summed E-state index contributed by atoms with van der Waals surface area (Å²) in [4.78, 5) is 4.18. The number of phenols is 1. The molecule has 0 aliphatic rings. The normalized spacial score (nSPS) is 11.4. The van der Waals surface area contributed by atoms with Gasteiger partial charge in [-0.1, -0.05) is 35.4 Å². The van der Waals surface area contributed by atoms with Gasteiger partial charge < -0.3 is 9.52 Å². The van der Waals surface area contributed by atoms with Crippen LogP contribution in [0.5, 0.6) is 5.75 Å². The molecule has 3 rings (SSSR count). The minimum absolute atomic E-state index is 0.207. The van der Waals surface area contributed by atoms with Crippen molar-refractivity contribution >= 4 is 17.1 Å². The molecule has 19 heavy (non-hydrogen) atoms. The lowest BCUT2D eigenvalue weighted by molar-refractivity contribution is 0.468. The third kappa shape index (κ3) is 2.44. The first-order chi connectivity index (χ1) is 9.33. The Kier molecular flexibility index (Phi) is 2.94. The van der Waals surface area contributed by atoms with Crippen molar-refractivity contribution < 1.29 is 9.52 Å². The summed E-state index contributed by atoms with van der Waals surface area (Å²) in [5.74, 6) is 0.207. The van der Waals surface area contributed by atoms with Crippen molar-refractivity contribution in [1.82, 2.24) is 4.98 Å². The van der Waals surface area contributed by atoms with E-state index in [1.165, 1.54) is 0 Å². The molecule has 3 aromatic rings. The van der Waals surface area contributed by atoms with E-state index in [1.807, 2.05) is 30.3 Å². The molecular formula is C14H11N3O2. The van der Waals surface area contributed by atoms with Crippen LogP contribution in [0.3, 0.4) is 0 Å². The minimum Gasteiger partial charge on any atom is -0.508 e. The first-order valence-corrected chi connectivity index (χ1v) is 5.83. The quantitative estimate of drug-likeness (QED) is 0.721. The van der Waals surface area contributed by atoms with Crippen LogP contribution in [0.15, 0.2) is 63.2 Å². The number of azo groups is 1. The molecule has 0 fully saturated rings. The lowest BCUT2D eigenvalue weighted by atomic mass is 10.2. The van der Waals surface area contributed by atoms with Crippen LogP contribution >= 0.6 is 0 Å². The fraction of sp³-hybridized carbons (Fsp3) is 0.0714. The molecular weight excluding hydrogens is 242 g/mol. The monoisotopic (exact) mass is 253 g/mol. The van der Waals surface area contributed by atoms with Gasteiger partial charge in [0.1, 0.15) is 11.3 Å². The highest BCUT2D eigenvalue weighted by Crippen LogP contribution is 2.21. The molecule has 1 N–H and O–H groups in total. The number of fused-ring (bicyclic) bond motifs is 1. The van der Waals surface area contributed by atoms with Gasteiger partial charge in [-0.3, -0.25) is 0 Å². The van der Waals surface area contributed by atoms with Gasteiger partial charge in [-0.25, -0.2) is 0 Å². The fourth-order valence-corrected chi connectivity index (χ4v) is 1.72. The molecule has 2 aromatic carbocycles. The summed E-state index contributed by atoms with van der Waals surface area (Å²) in [5.41, 5.74) is 2.14. The molecule has 1 heterocycles. The lowest BCUT2D eigenvalue weighted by Crippen LogP contribution is -1.80. The standard InChI is InChI=1S/C14H11N3O2/c18-12-7-3-1-5-10(12)9-15-17-14-16-11-6-2-4-8-13(11)19-14/h1-8,18H,9H2. The maximum absolute atomic E-state index is 9.58. The number of oxazole rings is 1. The summed E-state index contributed by atoms with van der Waals surface area (Å²) in [7, 11) is 0. The number of benzene rings is 2. The van der Waals surface area contributed by atoms with E-state index in [-0.39, 0.29) is 18.3 Å². The van der Waals surface area contributed by atoms with Gasteiger partial charge in [0.2, 0.25) is 0 Å². The van der Waals surface area contributed by atoms with Gasteiger partial charge in [-0.2, -0.15) is 10.1 Å². The maximum Gasteiger partial charge on any atom is 0.341 e. The Bertz CT molecular complexity index is 701. The summed E-state index contributed by atoms with van der Waals surface area (Å²) in [6.07, 6.45) is 0. The Balaban J connectivity index is 1.78. The van der Waals surface area contributed by atoms with Gasteiger partial charge in [0.15, 0.2) is 5.58 Å². The van der Waals surface area contributed by atoms with Crippen molar-refractivity contribution in [1.29, 1.82) is 0 Å². The van der Waals surface area contributed by atoms with E-state index in [4.69, 9.17) is 4.42 Å². The Labute approximate surface area is 109 Å². The second-order valence-electron chi connectivity index (χ2n) is 3.99. The van der Waals surface area contributed by atoms with Gasteiger partial charge in [0.05, 0.1) is 6.54 Å². The fourth-order valence-electron chi connectivity index (χ4n) is 1.72. The van der Waals surface area contributed by atoms with Gasteiger partial charge in [0.25, 0.3) is 0 Å². The largest absolute Gasteiger partial charge is 0.508 e. The highest BCUT2D eigenvalue weighted by atomic mass is 16.4. The van der Waals surface area contributed by atoms with Crippen molar-refractivity contribution in [2.24, 2.45) is 10.2 Å². The molecule has 5 heteroatoms. The van der Waals surface area contributed by atoms with Crippen LogP contribution in [0.4, 0.5) is 6.01 Å². The van der Waals surface area contributed by atoms with E-state index in [0.29, 0.717) is 11.1 Å². The van der Waals surface area contributed by atoms with Crippen LogP contribution in [-0.2, 0) is 6.54 Å². The molecule has 5 nitrogen and oxygen atoms in total. The van der Waals surface area contributed by atoms with Crippen LogP contribution in [0.1, 0.15) is 5.56 Å². The number of aromatic nitrogens is 1. The summed E-state index contributed by atoms with van der Waals surface area (Å²) >= 11 is 0. The van der Waals surface area contributed by atoms with E-state index in [9.17, 15) is 5.11 Å². The number of aromatic hydroxyl groups is 1. The summed E-state index contributed by atoms with van der Waals surface area (Å²) in [5, 5.41) is 17.5. The molecule has 0 saturated carbocycles. The first kappa shape index (κ1) is 11.4. The van der Waals surface area contributed by atoms with E-state index < -0.39 is 0 Å². The van der Waals surface area contributed by atoms with E-state index in [2.05, 4.69) is 15.2 Å². The molecule has 1 aromatic heterocycles. The highest BCUT2D eigenvalue weighted by Gasteiger charge is 2.03. The SMILES string of the molecule is Oc1ccccc1CN=Nc1nc2ccccc2o1. The van der Waals surface area contributed by atoms with Gasteiger partial charge in [-0.15, -0.1) is 0 Å². The zero-order valence-corrected chi connectivity index (χ0v) is 10.0. The van der Waals surface area contributed by atoms with Gasteiger partial charge in [-0.05, 0) is 18.2 Å². The molecule has 94 valence electrons. The molecule has 0 saturated heterocycles. The van der Waals surface area contributed by atoms with Gasteiger partial charge >= 0.3 is 6.01 Å². The van der Waals surface area contributed by atoms with E-state index in [1.54, 1.807) is 18.2 Å². The first-order valence-electron chi connectivity index (χ1n) is 5.83. The number of phenolic OH excluding ortho intramolecular Hbond substituents is 1. The molecule has 0 bridgehead atoms. The molecule has 0 unspecified atom stereocenters. The smallest absolute Gasteiger partial charge is 0.341 e. The number of rotatable bonds is 3. The van der Waals surface area contributed by atoms with Crippen molar-refractivity contribution in [2.75, 3.05) is 0 Å². The number of hydrogen-bond acceptors (Lipinski definition) is 5. The molecule has 0 spiro atoms. The van der Waals surface area contributed by atoms with Crippen LogP contribution in [0.2, 0.25) is 0 Å². The number of hydrogen-bond donors (Lipinski definition) is 1. The lowest BCUT2D eigenvalue weighted by Gasteiger charge is -1.97. The van der Waals surface area contributed by atoms with Crippen molar-refractivity contribution in [2.45, 2.75) is 6.54 Å². The Morgan fingerprint density at radius 1 is 1.05 bits per heavy atom. The summed E-state index contributed by atoms with van der Waals surface area (Å²) in [6, 6.07) is 14.7. The van der Waals surface area contributed by atoms with Crippen molar-refractivity contribution in [3.63, 3.8) is 0 Å². The average Bonchev–Trinajstić information content (AvgIpc) is 2.83. The average molecular weight is 253 g/mol. The zero-order chi connectivity index (χ0) is 13.1. The topological polar surface area (TPSA) is 71.0 Å². The van der Waals surface area contributed by atoms with Gasteiger partial charge in [0, 0.05) is 5.56 Å². The number of nitrogens with zero attached hydrogens (tertiary/aromatic N) is 3. The highest BCUT2D eigenvalue weighted by molar-refractivity contribution is 5.73. The predicted molar refractivity (Wildman–Crippen MR) is 70.3 cm³/mol. The predicted octanol–water partition coefficient (Wildman–Crippen LogP) is 3.82. The summed E-state index contributed by atoms with van der Waals surface area (Å²) < 4.78 is 5.40. The van der Waals surface area contributed by atoms with Crippen LogP contribution in [0.25, 0.3) is 11.1 Å². The second kappa shape index (κ2) is 4.89.